The maximum Gasteiger partial charge on any atom is 0.261 e. The Bertz CT molecular complexity index is 629. The fourth-order valence-electron chi connectivity index (χ4n) is 4.30. The summed E-state index contributed by atoms with van der Waals surface area (Å²) in [6, 6.07) is 8.76. The summed E-state index contributed by atoms with van der Waals surface area (Å²) >= 11 is 0. The van der Waals surface area contributed by atoms with Crippen molar-refractivity contribution in [2.75, 3.05) is 39.4 Å². The highest BCUT2D eigenvalue weighted by Gasteiger charge is 2.46. The van der Waals surface area contributed by atoms with Gasteiger partial charge in [0.2, 0.25) is 0 Å². The number of ether oxygens (including phenoxy) is 1. The molecule has 2 aliphatic rings. The summed E-state index contributed by atoms with van der Waals surface area (Å²) in [6.07, 6.45) is 0.725. The lowest BCUT2D eigenvalue weighted by atomic mass is 9.88. The van der Waals surface area contributed by atoms with Gasteiger partial charge in [-0.1, -0.05) is 31.5 Å². The summed E-state index contributed by atoms with van der Waals surface area (Å²) in [6.45, 7) is 2.94. The molecule has 1 amide bonds. The Hall–Kier alpha value is -1.73. The lowest BCUT2D eigenvalue weighted by Gasteiger charge is -2.30. The van der Waals surface area contributed by atoms with E-state index in [1.54, 1.807) is 21.9 Å². The molecule has 3 rings (SSSR count). The number of carbonyl (C=O) groups is 1. The lowest BCUT2D eigenvalue weighted by Crippen LogP contribution is -2.45. The third-order valence-electron chi connectivity index (χ3n) is 5.79. The van der Waals surface area contributed by atoms with Crippen LogP contribution in [0.2, 0.25) is 0 Å². The minimum absolute atomic E-state index is 0.00502. The van der Waals surface area contributed by atoms with Gasteiger partial charge in [-0.25, -0.2) is 8.78 Å². The van der Waals surface area contributed by atoms with Crippen molar-refractivity contribution in [2.24, 2.45) is 11.8 Å². The molecule has 5 nitrogen and oxygen atoms in total. The first-order valence-electron chi connectivity index (χ1n) is 9.62. The number of nitrogens with zero attached hydrogens (tertiary/aromatic N) is 2. The van der Waals surface area contributed by atoms with Gasteiger partial charge >= 0.3 is 0 Å². The molecule has 0 radical (unpaired) electrons. The van der Waals surface area contributed by atoms with Gasteiger partial charge in [-0.3, -0.25) is 9.69 Å². The Morgan fingerprint density at radius 2 is 2.07 bits per heavy atom. The second-order valence-electron chi connectivity index (χ2n) is 7.57. The molecule has 0 spiro atoms. The standard InChI is InChI=1S/C20H28F2N2O3/c1-2-15-10-24(19(26)13-27-16-6-4-3-5-7-16)18(12-25)17(15)11-23-9-8-20(21,22)14-23/h3-7,15,17-18,25H,2,8-14H2,1H3/t15-,17-,18-/m1/s1. The summed E-state index contributed by atoms with van der Waals surface area (Å²) in [4.78, 5) is 16.1. The van der Waals surface area contributed by atoms with Gasteiger partial charge in [0.15, 0.2) is 6.61 Å². The molecule has 0 aliphatic carbocycles. The van der Waals surface area contributed by atoms with Gasteiger partial charge in [0.25, 0.3) is 11.8 Å². The van der Waals surface area contributed by atoms with E-state index in [1.807, 2.05) is 25.1 Å². The molecule has 2 saturated heterocycles. The molecule has 1 N–H and O–H groups in total. The van der Waals surface area contributed by atoms with Crippen molar-refractivity contribution in [1.82, 2.24) is 9.80 Å². The number of aliphatic hydroxyl groups is 1. The van der Waals surface area contributed by atoms with Crippen LogP contribution in [0, 0.1) is 11.8 Å². The second kappa shape index (κ2) is 8.52. The van der Waals surface area contributed by atoms with Crippen LogP contribution in [0.1, 0.15) is 19.8 Å². The highest BCUT2D eigenvalue weighted by molar-refractivity contribution is 5.78. The van der Waals surface area contributed by atoms with Gasteiger partial charge in [-0.2, -0.15) is 0 Å². The molecule has 0 aromatic heterocycles. The number of hydrogen-bond donors (Lipinski definition) is 1. The number of hydrogen-bond acceptors (Lipinski definition) is 4. The zero-order valence-corrected chi connectivity index (χ0v) is 15.7. The zero-order valence-electron chi connectivity index (χ0n) is 15.7. The Kier molecular flexibility index (Phi) is 6.32. The number of alkyl halides is 2. The van der Waals surface area contributed by atoms with Gasteiger partial charge in [0.05, 0.1) is 19.2 Å². The van der Waals surface area contributed by atoms with E-state index in [-0.39, 0.29) is 50.0 Å². The molecule has 0 unspecified atom stereocenters. The second-order valence-corrected chi connectivity index (χ2v) is 7.57. The van der Waals surface area contributed by atoms with Crippen LogP contribution in [0.25, 0.3) is 0 Å². The first-order chi connectivity index (χ1) is 12.9. The molecule has 0 bridgehead atoms. The highest BCUT2D eigenvalue weighted by atomic mass is 19.3. The molecule has 2 aliphatic heterocycles. The van der Waals surface area contributed by atoms with Crippen molar-refractivity contribution in [1.29, 1.82) is 0 Å². The predicted octanol–water partition coefficient (Wildman–Crippen LogP) is 2.25. The van der Waals surface area contributed by atoms with Crippen molar-refractivity contribution in [2.45, 2.75) is 31.7 Å². The van der Waals surface area contributed by atoms with Gasteiger partial charge in [-0.15, -0.1) is 0 Å². The predicted molar refractivity (Wildman–Crippen MR) is 97.8 cm³/mol. The van der Waals surface area contributed by atoms with E-state index in [0.29, 0.717) is 25.4 Å². The minimum atomic E-state index is -2.63. The van der Waals surface area contributed by atoms with Crippen LogP contribution in [0.5, 0.6) is 5.75 Å². The van der Waals surface area contributed by atoms with E-state index in [2.05, 4.69) is 0 Å². The maximum absolute atomic E-state index is 13.5. The van der Waals surface area contributed by atoms with E-state index in [0.717, 1.165) is 6.42 Å². The number of halogens is 2. The van der Waals surface area contributed by atoms with Crippen LogP contribution >= 0.6 is 0 Å². The largest absolute Gasteiger partial charge is 0.484 e. The third-order valence-corrected chi connectivity index (χ3v) is 5.79. The highest BCUT2D eigenvalue weighted by Crippen LogP contribution is 2.35. The van der Waals surface area contributed by atoms with E-state index in [9.17, 15) is 18.7 Å². The van der Waals surface area contributed by atoms with Crippen molar-refractivity contribution < 1.29 is 23.4 Å². The van der Waals surface area contributed by atoms with Crippen molar-refractivity contribution in [3.8, 4) is 5.75 Å². The van der Waals surface area contributed by atoms with Crippen LogP contribution < -0.4 is 4.74 Å². The first kappa shape index (κ1) is 20.0. The van der Waals surface area contributed by atoms with E-state index >= 15 is 0 Å². The number of amides is 1. The van der Waals surface area contributed by atoms with Gasteiger partial charge in [0, 0.05) is 26.1 Å². The lowest BCUT2D eigenvalue weighted by molar-refractivity contribution is -0.135. The number of aliphatic hydroxyl groups excluding tert-OH is 1. The average Bonchev–Trinajstić information content (AvgIpc) is 3.19. The van der Waals surface area contributed by atoms with Gasteiger partial charge < -0.3 is 14.7 Å². The van der Waals surface area contributed by atoms with Crippen molar-refractivity contribution in [3.05, 3.63) is 30.3 Å². The molecule has 3 atom stereocenters. The Morgan fingerprint density at radius 1 is 1.33 bits per heavy atom. The number of benzene rings is 1. The third kappa shape index (κ3) is 4.76. The van der Waals surface area contributed by atoms with Gasteiger partial charge in [-0.05, 0) is 24.0 Å². The average molecular weight is 382 g/mol. The molecule has 150 valence electrons. The number of para-hydroxylation sites is 1. The zero-order chi connectivity index (χ0) is 19.4. The molecule has 2 heterocycles. The summed E-state index contributed by atoms with van der Waals surface area (Å²) in [5.41, 5.74) is 0. The maximum atomic E-state index is 13.5. The molecule has 27 heavy (non-hydrogen) atoms. The Morgan fingerprint density at radius 3 is 2.67 bits per heavy atom. The van der Waals surface area contributed by atoms with Crippen LogP contribution in [0.15, 0.2) is 30.3 Å². The molecule has 1 aromatic rings. The van der Waals surface area contributed by atoms with Crippen LogP contribution in [0.3, 0.4) is 0 Å². The normalized spacial score (nSPS) is 27.9. The Labute approximate surface area is 158 Å². The molecule has 0 saturated carbocycles. The Balaban J connectivity index is 1.63. The minimum Gasteiger partial charge on any atom is -0.484 e. The first-order valence-corrected chi connectivity index (χ1v) is 9.62. The van der Waals surface area contributed by atoms with E-state index in [4.69, 9.17) is 4.74 Å². The molecular weight excluding hydrogens is 354 g/mol. The summed E-state index contributed by atoms with van der Waals surface area (Å²) in [5.74, 6) is -2.00. The topological polar surface area (TPSA) is 53.0 Å². The van der Waals surface area contributed by atoms with Crippen molar-refractivity contribution >= 4 is 5.91 Å². The van der Waals surface area contributed by atoms with Crippen LogP contribution in [-0.2, 0) is 4.79 Å². The fourth-order valence-corrected chi connectivity index (χ4v) is 4.30. The van der Waals surface area contributed by atoms with Crippen molar-refractivity contribution in [3.63, 3.8) is 0 Å². The SMILES string of the molecule is CC[C@@H]1CN(C(=O)COc2ccccc2)[C@H](CO)[C@@H]1CN1CCC(F)(F)C1. The van der Waals surface area contributed by atoms with E-state index in [1.165, 1.54) is 0 Å². The summed E-state index contributed by atoms with van der Waals surface area (Å²) in [7, 11) is 0. The molecule has 7 heteroatoms. The number of rotatable bonds is 7. The summed E-state index contributed by atoms with van der Waals surface area (Å²) < 4.78 is 32.6. The smallest absolute Gasteiger partial charge is 0.261 e. The fraction of sp³-hybridized carbons (Fsp3) is 0.650. The monoisotopic (exact) mass is 382 g/mol. The van der Waals surface area contributed by atoms with Crippen LogP contribution in [0.4, 0.5) is 8.78 Å². The number of likely N-dealkylation sites (tertiary alicyclic amines) is 2. The molecule has 1 aromatic carbocycles. The number of carbonyl (C=O) groups excluding carboxylic acids is 1. The molecule has 2 fully saturated rings. The van der Waals surface area contributed by atoms with Gasteiger partial charge in [0.1, 0.15) is 5.75 Å². The van der Waals surface area contributed by atoms with Crippen LogP contribution in [-0.4, -0.2) is 72.2 Å². The molecular formula is C20H28F2N2O3. The summed E-state index contributed by atoms with van der Waals surface area (Å²) in [5, 5.41) is 9.93. The quantitative estimate of drug-likeness (QED) is 0.786. The van der Waals surface area contributed by atoms with E-state index < -0.39 is 5.92 Å².